The van der Waals surface area contributed by atoms with Crippen molar-refractivity contribution in [3.05, 3.63) is 35.1 Å². The molecule has 0 saturated heterocycles. The van der Waals surface area contributed by atoms with Crippen LogP contribution < -0.4 is 0 Å². The summed E-state index contributed by atoms with van der Waals surface area (Å²) in [6.45, 7) is 3.43. The van der Waals surface area contributed by atoms with E-state index in [9.17, 15) is 22.7 Å². The van der Waals surface area contributed by atoms with E-state index in [1.54, 1.807) is 13.8 Å². The minimum absolute atomic E-state index is 0.297. The molecular formula is C12H14F4O. The molecule has 0 radical (unpaired) electrons. The van der Waals surface area contributed by atoms with Crippen molar-refractivity contribution >= 4 is 0 Å². The molecule has 0 spiro atoms. The summed E-state index contributed by atoms with van der Waals surface area (Å²) in [5.74, 6) is -1.11. The Hall–Kier alpha value is -1.10. The Morgan fingerprint density at radius 2 is 1.88 bits per heavy atom. The first-order chi connectivity index (χ1) is 7.77. The summed E-state index contributed by atoms with van der Waals surface area (Å²) >= 11 is 0. The normalized spacial score (nSPS) is 15.7. The zero-order chi connectivity index (χ0) is 13.2. The molecule has 1 aromatic carbocycles. The summed E-state index contributed by atoms with van der Waals surface area (Å²) in [5.41, 5.74) is -1.24. The molecule has 0 aliphatic carbocycles. The van der Waals surface area contributed by atoms with Crippen molar-refractivity contribution in [1.82, 2.24) is 0 Å². The van der Waals surface area contributed by atoms with Crippen LogP contribution in [0.4, 0.5) is 17.6 Å². The Balaban J connectivity index is 3.15. The Bertz CT molecular complexity index is 387. The van der Waals surface area contributed by atoms with Gasteiger partial charge >= 0.3 is 6.18 Å². The van der Waals surface area contributed by atoms with Crippen LogP contribution in [-0.2, 0) is 6.18 Å². The van der Waals surface area contributed by atoms with Crippen molar-refractivity contribution in [3.8, 4) is 0 Å². The number of aliphatic hydroxyl groups is 1. The van der Waals surface area contributed by atoms with Gasteiger partial charge in [-0.2, -0.15) is 13.2 Å². The zero-order valence-corrected chi connectivity index (χ0v) is 9.55. The van der Waals surface area contributed by atoms with Crippen molar-refractivity contribution < 1.29 is 22.7 Å². The molecule has 0 saturated carbocycles. The number of aliphatic hydroxyl groups excluding tert-OH is 1. The van der Waals surface area contributed by atoms with Crippen molar-refractivity contribution in [2.75, 3.05) is 0 Å². The molecule has 0 fully saturated rings. The van der Waals surface area contributed by atoms with Crippen LogP contribution in [0.25, 0.3) is 0 Å². The molecule has 0 aromatic heterocycles. The third-order valence-electron chi connectivity index (χ3n) is 2.82. The number of benzene rings is 1. The predicted molar refractivity (Wildman–Crippen MR) is 55.8 cm³/mol. The minimum atomic E-state index is -4.53. The molecule has 17 heavy (non-hydrogen) atoms. The third-order valence-corrected chi connectivity index (χ3v) is 2.82. The maximum Gasteiger partial charge on any atom is 0.416 e. The summed E-state index contributed by atoms with van der Waals surface area (Å²) in [5, 5.41) is 9.75. The fourth-order valence-electron chi connectivity index (χ4n) is 1.48. The van der Waals surface area contributed by atoms with E-state index in [1.807, 2.05) is 0 Å². The first-order valence-electron chi connectivity index (χ1n) is 5.32. The summed E-state index contributed by atoms with van der Waals surface area (Å²) in [4.78, 5) is 0. The monoisotopic (exact) mass is 250 g/mol. The highest BCUT2D eigenvalue weighted by Gasteiger charge is 2.32. The topological polar surface area (TPSA) is 20.2 Å². The fraction of sp³-hybridized carbons (Fsp3) is 0.500. The molecule has 1 aromatic rings. The average Bonchev–Trinajstić information content (AvgIpc) is 2.26. The van der Waals surface area contributed by atoms with Crippen molar-refractivity contribution in [2.24, 2.45) is 5.92 Å². The van der Waals surface area contributed by atoms with Crippen LogP contribution >= 0.6 is 0 Å². The third kappa shape index (κ3) is 3.19. The highest BCUT2D eigenvalue weighted by Crippen LogP contribution is 2.33. The highest BCUT2D eigenvalue weighted by molar-refractivity contribution is 5.29. The van der Waals surface area contributed by atoms with Gasteiger partial charge in [0.1, 0.15) is 5.82 Å². The van der Waals surface area contributed by atoms with Gasteiger partial charge in [0, 0.05) is 5.56 Å². The van der Waals surface area contributed by atoms with E-state index in [0.29, 0.717) is 18.6 Å². The van der Waals surface area contributed by atoms with Crippen LogP contribution in [-0.4, -0.2) is 5.11 Å². The summed E-state index contributed by atoms with van der Waals surface area (Å²) in [6.07, 6.45) is -5.20. The Labute approximate surface area is 97.1 Å². The van der Waals surface area contributed by atoms with E-state index in [-0.39, 0.29) is 11.5 Å². The maximum atomic E-state index is 13.4. The molecule has 0 amide bonds. The van der Waals surface area contributed by atoms with Crippen LogP contribution in [0.1, 0.15) is 37.5 Å². The Kier molecular flexibility index (Phi) is 4.14. The second-order valence-corrected chi connectivity index (χ2v) is 4.06. The Morgan fingerprint density at radius 1 is 1.29 bits per heavy atom. The van der Waals surface area contributed by atoms with Crippen LogP contribution in [0.3, 0.4) is 0 Å². The van der Waals surface area contributed by atoms with Gasteiger partial charge in [-0.25, -0.2) is 4.39 Å². The molecule has 1 N–H and O–H groups in total. The second-order valence-electron chi connectivity index (χ2n) is 4.06. The second kappa shape index (κ2) is 5.04. The molecule has 96 valence electrons. The first-order valence-corrected chi connectivity index (χ1v) is 5.32. The van der Waals surface area contributed by atoms with Gasteiger partial charge in [-0.1, -0.05) is 20.3 Å². The van der Waals surface area contributed by atoms with Gasteiger partial charge in [0.25, 0.3) is 0 Å². The molecule has 0 aliphatic heterocycles. The van der Waals surface area contributed by atoms with Gasteiger partial charge in [-0.05, 0) is 24.1 Å². The summed E-state index contributed by atoms with van der Waals surface area (Å²) in [6, 6.07) is 2.08. The van der Waals surface area contributed by atoms with E-state index in [4.69, 9.17) is 0 Å². The van der Waals surface area contributed by atoms with Gasteiger partial charge in [0.05, 0.1) is 11.7 Å². The lowest BCUT2D eigenvalue weighted by Gasteiger charge is -2.19. The standard InChI is InChI=1S/C12H14F4O/c1-3-7(2)11(17)9-6-8(12(14,15)16)4-5-10(9)13/h4-7,11,17H,3H2,1-2H3. The molecule has 2 unspecified atom stereocenters. The molecular weight excluding hydrogens is 236 g/mol. The van der Waals surface area contributed by atoms with Gasteiger partial charge in [-0.3, -0.25) is 0 Å². The molecule has 0 bridgehead atoms. The minimum Gasteiger partial charge on any atom is -0.388 e. The predicted octanol–water partition coefficient (Wildman–Crippen LogP) is 3.92. The van der Waals surface area contributed by atoms with E-state index in [1.165, 1.54) is 0 Å². The number of hydrogen-bond acceptors (Lipinski definition) is 1. The largest absolute Gasteiger partial charge is 0.416 e. The van der Waals surface area contributed by atoms with Crippen LogP contribution in [0.5, 0.6) is 0 Å². The maximum absolute atomic E-state index is 13.4. The SMILES string of the molecule is CCC(C)C(O)c1cc(C(F)(F)F)ccc1F. The lowest BCUT2D eigenvalue weighted by molar-refractivity contribution is -0.137. The van der Waals surface area contributed by atoms with Crippen LogP contribution in [0, 0.1) is 11.7 Å². The number of alkyl halides is 3. The van der Waals surface area contributed by atoms with Crippen molar-refractivity contribution in [3.63, 3.8) is 0 Å². The summed E-state index contributed by atoms with van der Waals surface area (Å²) in [7, 11) is 0. The fourth-order valence-corrected chi connectivity index (χ4v) is 1.48. The number of halogens is 4. The molecule has 2 atom stereocenters. The number of hydrogen-bond donors (Lipinski definition) is 1. The smallest absolute Gasteiger partial charge is 0.388 e. The van der Waals surface area contributed by atoms with Crippen LogP contribution in [0.15, 0.2) is 18.2 Å². The zero-order valence-electron chi connectivity index (χ0n) is 9.55. The molecule has 1 nitrogen and oxygen atoms in total. The first kappa shape index (κ1) is 14.0. The molecule has 1 rings (SSSR count). The van der Waals surface area contributed by atoms with E-state index in [0.717, 1.165) is 6.07 Å². The highest BCUT2D eigenvalue weighted by atomic mass is 19.4. The lowest BCUT2D eigenvalue weighted by atomic mass is 9.94. The Morgan fingerprint density at radius 3 is 2.35 bits per heavy atom. The number of rotatable bonds is 3. The lowest BCUT2D eigenvalue weighted by Crippen LogP contribution is -2.13. The molecule has 0 heterocycles. The molecule has 5 heteroatoms. The summed E-state index contributed by atoms with van der Waals surface area (Å²) < 4.78 is 50.7. The van der Waals surface area contributed by atoms with Crippen LogP contribution in [0.2, 0.25) is 0 Å². The van der Waals surface area contributed by atoms with Gasteiger partial charge in [0.15, 0.2) is 0 Å². The molecule has 0 aliphatic rings. The van der Waals surface area contributed by atoms with E-state index >= 15 is 0 Å². The van der Waals surface area contributed by atoms with Gasteiger partial charge in [0.2, 0.25) is 0 Å². The van der Waals surface area contributed by atoms with Crippen molar-refractivity contribution in [2.45, 2.75) is 32.5 Å². The quantitative estimate of drug-likeness (QED) is 0.806. The van der Waals surface area contributed by atoms with E-state index < -0.39 is 23.7 Å². The van der Waals surface area contributed by atoms with E-state index in [2.05, 4.69) is 0 Å². The average molecular weight is 250 g/mol. The van der Waals surface area contributed by atoms with Gasteiger partial charge < -0.3 is 5.11 Å². The van der Waals surface area contributed by atoms with Gasteiger partial charge in [-0.15, -0.1) is 0 Å². The van der Waals surface area contributed by atoms with Crippen molar-refractivity contribution in [1.29, 1.82) is 0 Å².